The molecule has 0 aliphatic carbocycles. The summed E-state index contributed by atoms with van der Waals surface area (Å²) in [6.45, 7) is 5.17. The Labute approximate surface area is 143 Å². The van der Waals surface area contributed by atoms with Gasteiger partial charge >= 0.3 is 6.09 Å². The van der Waals surface area contributed by atoms with Crippen molar-refractivity contribution in [3.8, 4) is 0 Å². The topological polar surface area (TPSA) is 135 Å². The number of hydrogen-bond acceptors (Lipinski definition) is 7. The Morgan fingerprint density at radius 2 is 2.12 bits per heavy atom. The molecular weight excluding hydrogens is 342 g/mol. The molecule has 1 heterocycles. The number of nitro groups is 1. The van der Waals surface area contributed by atoms with Crippen molar-refractivity contribution in [3.63, 3.8) is 0 Å². The van der Waals surface area contributed by atoms with Gasteiger partial charge in [-0.3, -0.25) is 10.1 Å². The van der Waals surface area contributed by atoms with Crippen LogP contribution in [0, 0.1) is 10.1 Å². The lowest BCUT2D eigenvalue weighted by atomic mass is 10.0. The van der Waals surface area contributed by atoms with Crippen LogP contribution in [0.3, 0.4) is 0 Å². The highest BCUT2D eigenvalue weighted by atomic mass is 35.5. The SMILES string of the molecule is CC(C)(C)OC(=O)NCCC(O)C(O)c1cc([N+](=O)[O-])cnc1Cl. The highest BCUT2D eigenvalue weighted by Gasteiger charge is 2.24. The molecule has 3 N–H and O–H groups in total. The Balaban J connectivity index is 2.62. The Bertz CT molecular complexity index is 605. The molecular formula is C14H20ClN3O6. The number of hydrogen-bond donors (Lipinski definition) is 3. The lowest BCUT2D eigenvalue weighted by Gasteiger charge is -2.21. The zero-order valence-corrected chi connectivity index (χ0v) is 14.3. The lowest BCUT2D eigenvalue weighted by molar-refractivity contribution is -0.385. The number of rotatable bonds is 6. The molecule has 1 rings (SSSR count). The normalized spacial score (nSPS) is 13.9. The summed E-state index contributed by atoms with van der Waals surface area (Å²) in [5.74, 6) is 0. The third-order valence-electron chi connectivity index (χ3n) is 2.85. The number of aliphatic hydroxyl groups excluding tert-OH is 2. The molecule has 0 saturated carbocycles. The number of amides is 1. The molecule has 2 atom stereocenters. The van der Waals surface area contributed by atoms with Crippen molar-refractivity contribution in [2.45, 2.75) is 45.0 Å². The van der Waals surface area contributed by atoms with Crippen LogP contribution in [-0.2, 0) is 4.74 Å². The van der Waals surface area contributed by atoms with Gasteiger partial charge in [-0.15, -0.1) is 0 Å². The predicted molar refractivity (Wildman–Crippen MR) is 85.7 cm³/mol. The third kappa shape index (κ3) is 6.26. The Morgan fingerprint density at radius 1 is 1.50 bits per heavy atom. The summed E-state index contributed by atoms with van der Waals surface area (Å²) in [5, 5.41) is 33.1. The van der Waals surface area contributed by atoms with E-state index in [1.54, 1.807) is 20.8 Å². The summed E-state index contributed by atoms with van der Waals surface area (Å²) in [6, 6.07) is 1.05. The predicted octanol–water partition coefficient (Wildman–Crippen LogP) is 1.95. The van der Waals surface area contributed by atoms with E-state index in [4.69, 9.17) is 16.3 Å². The Hall–Kier alpha value is -1.97. The number of carbonyl (C=O) groups is 1. The van der Waals surface area contributed by atoms with E-state index < -0.39 is 28.8 Å². The molecule has 134 valence electrons. The monoisotopic (exact) mass is 361 g/mol. The van der Waals surface area contributed by atoms with E-state index in [-0.39, 0.29) is 29.4 Å². The van der Waals surface area contributed by atoms with Crippen LogP contribution < -0.4 is 5.32 Å². The van der Waals surface area contributed by atoms with Gasteiger partial charge in [0.2, 0.25) is 0 Å². The zero-order valence-electron chi connectivity index (χ0n) is 13.5. The van der Waals surface area contributed by atoms with E-state index in [0.717, 1.165) is 12.3 Å². The van der Waals surface area contributed by atoms with Crippen LogP contribution in [0.5, 0.6) is 0 Å². The van der Waals surface area contributed by atoms with Crippen molar-refractivity contribution in [2.75, 3.05) is 6.54 Å². The van der Waals surface area contributed by atoms with Gasteiger partial charge in [0.15, 0.2) is 0 Å². The van der Waals surface area contributed by atoms with Gasteiger partial charge in [0.05, 0.1) is 11.0 Å². The Morgan fingerprint density at radius 3 is 2.67 bits per heavy atom. The quantitative estimate of drug-likeness (QED) is 0.400. The number of aliphatic hydroxyl groups is 2. The number of halogens is 1. The first-order valence-electron chi connectivity index (χ1n) is 7.14. The zero-order chi connectivity index (χ0) is 18.5. The van der Waals surface area contributed by atoms with E-state index >= 15 is 0 Å². The van der Waals surface area contributed by atoms with Crippen LogP contribution in [-0.4, -0.2) is 44.5 Å². The molecule has 24 heavy (non-hydrogen) atoms. The maximum atomic E-state index is 11.5. The van der Waals surface area contributed by atoms with Gasteiger partial charge in [0.25, 0.3) is 5.69 Å². The number of alkyl carbamates (subject to hydrolysis) is 1. The average Bonchev–Trinajstić information content (AvgIpc) is 2.44. The second-order valence-corrected chi connectivity index (χ2v) is 6.42. The lowest BCUT2D eigenvalue weighted by Crippen LogP contribution is -2.34. The standard InChI is InChI=1S/C14H20ClN3O6/c1-14(2,3)24-13(21)16-5-4-10(19)11(20)9-6-8(18(22)23)7-17-12(9)15/h6-7,10-11,19-20H,4-5H2,1-3H3,(H,16,21). The van der Waals surface area contributed by atoms with Crippen molar-refractivity contribution in [2.24, 2.45) is 0 Å². The van der Waals surface area contributed by atoms with Crippen LogP contribution >= 0.6 is 11.6 Å². The first-order valence-corrected chi connectivity index (χ1v) is 7.52. The number of nitrogens with zero attached hydrogens (tertiary/aromatic N) is 2. The van der Waals surface area contributed by atoms with Gasteiger partial charge in [-0.05, 0) is 27.2 Å². The van der Waals surface area contributed by atoms with Gasteiger partial charge < -0.3 is 20.3 Å². The average molecular weight is 362 g/mol. The fourth-order valence-corrected chi connectivity index (χ4v) is 1.98. The minimum absolute atomic E-state index is 0.0145. The maximum Gasteiger partial charge on any atom is 0.407 e. The van der Waals surface area contributed by atoms with Gasteiger partial charge in [-0.1, -0.05) is 11.6 Å². The number of aromatic nitrogens is 1. The molecule has 0 fully saturated rings. The van der Waals surface area contributed by atoms with E-state index in [9.17, 15) is 25.1 Å². The van der Waals surface area contributed by atoms with Gasteiger partial charge in [-0.2, -0.15) is 0 Å². The largest absolute Gasteiger partial charge is 0.444 e. The molecule has 0 radical (unpaired) electrons. The number of ether oxygens (including phenoxy) is 1. The van der Waals surface area contributed by atoms with Crippen molar-refractivity contribution in [1.82, 2.24) is 10.3 Å². The van der Waals surface area contributed by atoms with E-state index in [0.29, 0.717) is 0 Å². The third-order valence-corrected chi connectivity index (χ3v) is 3.17. The highest BCUT2D eigenvalue weighted by Crippen LogP contribution is 2.28. The van der Waals surface area contributed by atoms with Crippen molar-refractivity contribution in [3.05, 3.63) is 33.1 Å². The molecule has 0 aliphatic heterocycles. The molecule has 0 aromatic carbocycles. The molecule has 0 aliphatic rings. The molecule has 0 saturated heterocycles. The fourth-order valence-electron chi connectivity index (χ4n) is 1.76. The fraction of sp³-hybridized carbons (Fsp3) is 0.571. The second kappa shape index (κ2) is 8.22. The first-order chi connectivity index (χ1) is 11.0. The summed E-state index contributed by atoms with van der Waals surface area (Å²) in [6.07, 6.45) is -2.50. The maximum absolute atomic E-state index is 11.5. The van der Waals surface area contributed by atoms with Crippen LogP contribution in [0.2, 0.25) is 5.15 Å². The van der Waals surface area contributed by atoms with Crippen LogP contribution in [0.4, 0.5) is 10.5 Å². The molecule has 9 nitrogen and oxygen atoms in total. The highest BCUT2D eigenvalue weighted by molar-refractivity contribution is 6.30. The second-order valence-electron chi connectivity index (χ2n) is 6.06. The molecule has 1 aromatic rings. The van der Waals surface area contributed by atoms with Gasteiger partial charge in [0, 0.05) is 18.2 Å². The van der Waals surface area contributed by atoms with E-state index in [1.165, 1.54) is 0 Å². The number of nitrogens with one attached hydrogen (secondary N) is 1. The first kappa shape index (κ1) is 20.1. The van der Waals surface area contributed by atoms with Crippen LogP contribution in [0.25, 0.3) is 0 Å². The summed E-state index contributed by atoms with van der Waals surface area (Å²) in [7, 11) is 0. The van der Waals surface area contributed by atoms with E-state index in [2.05, 4.69) is 10.3 Å². The molecule has 1 aromatic heterocycles. The summed E-state index contributed by atoms with van der Waals surface area (Å²) in [5.41, 5.74) is -1.06. The molecule has 0 bridgehead atoms. The van der Waals surface area contributed by atoms with Gasteiger partial charge in [0.1, 0.15) is 23.1 Å². The molecule has 0 spiro atoms. The molecule has 2 unspecified atom stereocenters. The summed E-state index contributed by atoms with van der Waals surface area (Å²) in [4.78, 5) is 25.1. The smallest absolute Gasteiger partial charge is 0.407 e. The minimum atomic E-state index is -1.48. The van der Waals surface area contributed by atoms with Crippen molar-refractivity contribution >= 4 is 23.4 Å². The molecule has 10 heteroatoms. The number of carbonyl (C=O) groups excluding carboxylic acids is 1. The summed E-state index contributed by atoms with van der Waals surface area (Å²) >= 11 is 5.80. The number of pyridine rings is 1. The molecule has 1 amide bonds. The van der Waals surface area contributed by atoms with Crippen molar-refractivity contribution in [1.29, 1.82) is 0 Å². The van der Waals surface area contributed by atoms with Crippen molar-refractivity contribution < 1.29 is 24.7 Å². The van der Waals surface area contributed by atoms with E-state index in [1.807, 2.05) is 0 Å². The van der Waals surface area contributed by atoms with Crippen LogP contribution in [0.1, 0.15) is 38.9 Å². The van der Waals surface area contributed by atoms with Gasteiger partial charge in [-0.25, -0.2) is 9.78 Å². The summed E-state index contributed by atoms with van der Waals surface area (Å²) < 4.78 is 5.03. The Kier molecular flexibility index (Phi) is 6.88. The van der Waals surface area contributed by atoms with Crippen LogP contribution in [0.15, 0.2) is 12.3 Å². The minimum Gasteiger partial charge on any atom is -0.444 e.